The van der Waals surface area contributed by atoms with Gasteiger partial charge in [0.2, 0.25) is 0 Å². The van der Waals surface area contributed by atoms with Gasteiger partial charge in [0.05, 0.1) is 0 Å². The number of nitrogens with two attached hydrogens (primary N) is 1. The van der Waals surface area contributed by atoms with Gasteiger partial charge < -0.3 is 10.6 Å². The van der Waals surface area contributed by atoms with E-state index < -0.39 is 0 Å². The fourth-order valence-corrected chi connectivity index (χ4v) is 3.98. The van der Waals surface area contributed by atoms with Gasteiger partial charge in [0.25, 0.3) is 0 Å². The van der Waals surface area contributed by atoms with Gasteiger partial charge in [-0.15, -0.1) is 0 Å². The SMILES string of the molecule is CC1CCN(CC(C)(C)N)CC12CCCCC2. The van der Waals surface area contributed by atoms with E-state index in [1.54, 1.807) is 0 Å². The molecule has 1 aliphatic carbocycles. The Labute approximate surface area is 107 Å². The number of hydrogen-bond donors (Lipinski definition) is 1. The summed E-state index contributed by atoms with van der Waals surface area (Å²) < 4.78 is 0. The summed E-state index contributed by atoms with van der Waals surface area (Å²) in [4.78, 5) is 2.63. The normalized spacial score (nSPS) is 30.7. The first-order valence-electron chi connectivity index (χ1n) is 7.43. The molecule has 1 aliphatic heterocycles. The van der Waals surface area contributed by atoms with Crippen LogP contribution in [-0.4, -0.2) is 30.1 Å². The third-order valence-electron chi connectivity index (χ3n) is 4.94. The van der Waals surface area contributed by atoms with Crippen molar-refractivity contribution in [2.45, 2.75) is 64.8 Å². The maximum Gasteiger partial charge on any atom is 0.0226 e. The predicted octanol–water partition coefficient (Wildman–Crippen LogP) is 3.02. The Morgan fingerprint density at radius 3 is 2.47 bits per heavy atom. The molecule has 1 saturated heterocycles. The molecular formula is C15H30N2. The van der Waals surface area contributed by atoms with Gasteiger partial charge in [-0.3, -0.25) is 0 Å². The van der Waals surface area contributed by atoms with Gasteiger partial charge in [-0.25, -0.2) is 0 Å². The molecule has 0 radical (unpaired) electrons. The Kier molecular flexibility index (Phi) is 3.84. The molecule has 2 heteroatoms. The summed E-state index contributed by atoms with van der Waals surface area (Å²) in [5.74, 6) is 0.917. The topological polar surface area (TPSA) is 29.3 Å². The van der Waals surface area contributed by atoms with Crippen molar-refractivity contribution in [3.05, 3.63) is 0 Å². The molecule has 100 valence electrons. The molecule has 0 amide bonds. The van der Waals surface area contributed by atoms with Crippen LogP contribution in [0.4, 0.5) is 0 Å². The molecule has 1 heterocycles. The van der Waals surface area contributed by atoms with Crippen LogP contribution in [0.3, 0.4) is 0 Å². The van der Waals surface area contributed by atoms with Gasteiger partial charge in [0.15, 0.2) is 0 Å². The minimum atomic E-state index is -0.0452. The summed E-state index contributed by atoms with van der Waals surface area (Å²) in [6.45, 7) is 10.4. The Morgan fingerprint density at radius 1 is 1.24 bits per heavy atom. The highest BCUT2D eigenvalue weighted by Crippen LogP contribution is 2.46. The van der Waals surface area contributed by atoms with E-state index in [0.717, 1.165) is 12.5 Å². The van der Waals surface area contributed by atoms with E-state index in [1.165, 1.54) is 51.6 Å². The van der Waals surface area contributed by atoms with Crippen LogP contribution in [0.5, 0.6) is 0 Å². The average Bonchev–Trinajstić information content (AvgIpc) is 2.23. The van der Waals surface area contributed by atoms with Crippen molar-refractivity contribution in [3.63, 3.8) is 0 Å². The lowest BCUT2D eigenvalue weighted by Crippen LogP contribution is -2.54. The molecule has 17 heavy (non-hydrogen) atoms. The highest BCUT2D eigenvalue weighted by atomic mass is 15.2. The first-order chi connectivity index (χ1) is 7.91. The van der Waals surface area contributed by atoms with Crippen molar-refractivity contribution in [1.82, 2.24) is 4.90 Å². The molecule has 1 saturated carbocycles. The van der Waals surface area contributed by atoms with Gasteiger partial charge in [-0.1, -0.05) is 26.2 Å². The first kappa shape index (κ1) is 13.4. The van der Waals surface area contributed by atoms with Crippen LogP contribution in [0, 0.1) is 11.3 Å². The third kappa shape index (κ3) is 3.23. The second-order valence-electron chi connectivity index (χ2n) is 7.31. The second kappa shape index (κ2) is 4.89. The van der Waals surface area contributed by atoms with E-state index in [2.05, 4.69) is 25.7 Å². The monoisotopic (exact) mass is 238 g/mol. The zero-order chi connectivity index (χ0) is 12.5. The van der Waals surface area contributed by atoms with Crippen molar-refractivity contribution in [2.24, 2.45) is 17.1 Å². The standard InChI is InChI=1S/C15H30N2/c1-13-7-10-17(11-14(2,3)16)12-15(13)8-5-4-6-9-15/h13H,4-12,16H2,1-3H3. The molecule has 2 N–H and O–H groups in total. The summed E-state index contributed by atoms with van der Waals surface area (Å²) in [7, 11) is 0. The average molecular weight is 238 g/mol. The van der Waals surface area contributed by atoms with E-state index in [9.17, 15) is 0 Å². The van der Waals surface area contributed by atoms with Crippen molar-refractivity contribution in [1.29, 1.82) is 0 Å². The second-order valence-corrected chi connectivity index (χ2v) is 7.31. The Hall–Kier alpha value is -0.0800. The fraction of sp³-hybridized carbons (Fsp3) is 1.00. The molecule has 0 aromatic rings. The minimum absolute atomic E-state index is 0.0452. The van der Waals surface area contributed by atoms with Crippen molar-refractivity contribution in [3.8, 4) is 0 Å². The van der Waals surface area contributed by atoms with Crippen LogP contribution in [-0.2, 0) is 0 Å². The molecule has 0 bridgehead atoms. The Balaban J connectivity index is 2.00. The number of likely N-dealkylation sites (tertiary alicyclic amines) is 1. The van der Waals surface area contributed by atoms with Crippen molar-refractivity contribution >= 4 is 0 Å². The summed E-state index contributed by atoms with van der Waals surface area (Å²) in [5, 5.41) is 0. The zero-order valence-corrected chi connectivity index (χ0v) is 12.0. The summed E-state index contributed by atoms with van der Waals surface area (Å²) in [5.41, 5.74) is 6.76. The first-order valence-corrected chi connectivity index (χ1v) is 7.43. The third-order valence-corrected chi connectivity index (χ3v) is 4.94. The molecule has 1 atom stereocenters. The zero-order valence-electron chi connectivity index (χ0n) is 12.0. The molecule has 2 fully saturated rings. The van der Waals surface area contributed by atoms with Gasteiger partial charge in [-0.2, -0.15) is 0 Å². The quantitative estimate of drug-likeness (QED) is 0.801. The van der Waals surface area contributed by atoms with Gasteiger partial charge in [0.1, 0.15) is 0 Å². The van der Waals surface area contributed by atoms with E-state index in [-0.39, 0.29) is 5.54 Å². The molecule has 0 aromatic heterocycles. The molecular weight excluding hydrogens is 208 g/mol. The number of hydrogen-bond acceptors (Lipinski definition) is 2. The minimum Gasteiger partial charge on any atom is -0.324 e. The van der Waals surface area contributed by atoms with Crippen LogP contribution >= 0.6 is 0 Å². The largest absolute Gasteiger partial charge is 0.324 e. The van der Waals surface area contributed by atoms with Crippen LogP contribution in [0.15, 0.2) is 0 Å². The van der Waals surface area contributed by atoms with Gasteiger partial charge in [-0.05, 0) is 51.0 Å². The predicted molar refractivity (Wildman–Crippen MR) is 74.0 cm³/mol. The summed E-state index contributed by atoms with van der Waals surface area (Å²) >= 11 is 0. The van der Waals surface area contributed by atoms with E-state index in [4.69, 9.17) is 5.73 Å². The molecule has 2 nitrogen and oxygen atoms in total. The number of piperidine rings is 1. The lowest BCUT2D eigenvalue weighted by molar-refractivity contribution is -0.00210. The number of nitrogens with zero attached hydrogens (tertiary/aromatic N) is 1. The van der Waals surface area contributed by atoms with E-state index >= 15 is 0 Å². The summed E-state index contributed by atoms with van der Waals surface area (Å²) in [6.07, 6.45) is 8.63. The molecule has 2 rings (SSSR count). The number of rotatable bonds is 2. The lowest BCUT2D eigenvalue weighted by atomic mass is 9.63. The van der Waals surface area contributed by atoms with Crippen LogP contribution in [0.2, 0.25) is 0 Å². The fourth-order valence-electron chi connectivity index (χ4n) is 3.98. The molecule has 0 aromatic carbocycles. The van der Waals surface area contributed by atoms with Gasteiger partial charge in [0, 0.05) is 18.6 Å². The Bertz CT molecular complexity index is 248. The Morgan fingerprint density at radius 2 is 1.88 bits per heavy atom. The summed E-state index contributed by atoms with van der Waals surface area (Å²) in [6, 6.07) is 0. The molecule has 2 aliphatic rings. The maximum atomic E-state index is 6.18. The molecule has 1 spiro atoms. The van der Waals surface area contributed by atoms with Crippen LogP contribution in [0.25, 0.3) is 0 Å². The van der Waals surface area contributed by atoms with Crippen molar-refractivity contribution < 1.29 is 0 Å². The highest BCUT2D eigenvalue weighted by Gasteiger charge is 2.41. The van der Waals surface area contributed by atoms with E-state index in [1.807, 2.05) is 0 Å². The lowest BCUT2D eigenvalue weighted by Gasteiger charge is -2.50. The highest BCUT2D eigenvalue weighted by molar-refractivity contribution is 4.94. The maximum absolute atomic E-state index is 6.18. The van der Waals surface area contributed by atoms with Crippen LogP contribution in [0.1, 0.15) is 59.3 Å². The van der Waals surface area contributed by atoms with Gasteiger partial charge >= 0.3 is 0 Å². The van der Waals surface area contributed by atoms with Crippen LogP contribution < -0.4 is 5.73 Å². The smallest absolute Gasteiger partial charge is 0.0226 e. The molecule has 1 unspecified atom stereocenters. The van der Waals surface area contributed by atoms with E-state index in [0.29, 0.717) is 5.41 Å². The van der Waals surface area contributed by atoms with Crippen molar-refractivity contribution in [2.75, 3.05) is 19.6 Å².